The molecule has 0 bridgehead atoms. The summed E-state index contributed by atoms with van der Waals surface area (Å²) in [4.78, 5) is 10.1. The molecule has 9 aromatic rings. The predicted octanol–water partition coefficient (Wildman–Crippen LogP) is 12.2. The Morgan fingerprint density at radius 1 is 0.529 bits per heavy atom. The molecule has 51 heavy (non-hydrogen) atoms. The summed E-state index contributed by atoms with van der Waals surface area (Å²) in [5, 5.41) is 0. The van der Waals surface area contributed by atoms with Gasteiger partial charge in [0.15, 0.2) is 0 Å². The van der Waals surface area contributed by atoms with Crippen LogP contribution in [0.15, 0.2) is 196 Å². The number of rotatable bonds is 5. The first-order valence-corrected chi connectivity index (χ1v) is 19.0. The van der Waals surface area contributed by atoms with Crippen LogP contribution in [0.2, 0.25) is 0 Å². The van der Waals surface area contributed by atoms with Gasteiger partial charge in [-0.05, 0) is 78.9 Å². The van der Waals surface area contributed by atoms with Crippen LogP contribution < -0.4 is 4.74 Å². The minimum atomic E-state index is -2.12. The molecule has 3 heterocycles. The van der Waals surface area contributed by atoms with E-state index in [1.165, 1.54) is 30.7 Å². The second-order valence-corrected chi connectivity index (χ2v) is 16.7. The van der Waals surface area contributed by atoms with E-state index < -0.39 is 10.0 Å². The fraction of sp³-hybridized carbons (Fsp3) is 0.0652. The number of para-hydroxylation sites is 6. The third-order valence-corrected chi connectivity index (χ3v) is 14.4. The monoisotopic (exact) mass is 677 g/mol. The Balaban J connectivity index is 1.31. The van der Waals surface area contributed by atoms with Gasteiger partial charge >= 0.3 is 0 Å². The van der Waals surface area contributed by atoms with E-state index >= 15 is 0 Å². The topological polar surface area (TPSA) is 31.5 Å². The standard InChI is InChI=1S/C46H35N3OS/c1-46(2)36-23-9-14-29-42(36)50-44-37(46)24-16-30-43(44)51(33-18-5-3-6-19-33,34-20-7-4-8-21-34)35-22-15-17-32(31-35)48-40-27-12-13-28-41(40)49-39-26-11-10-25-38(39)47-45(48)49/h3-31H,1-2H3. The van der Waals surface area contributed by atoms with E-state index in [9.17, 15) is 0 Å². The molecule has 7 aromatic carbocycles. The van der Waals surface area contributed by atoms with Crippen molar-refractivity contribution in [1.82, 2.24) is 14.0 Å². The molecule has 2 aromatic heterocycles. The van der Waals surface area contributed by atoms with Crippen molar-refractivity contribution in [2.45, 2.75) is 38.8 Å². The van der Waals surface area contributed by atoms with Gasteiger partial charge in [-0.2, -0.15) is 0 Å². The maximum Gasteiger partial charge on any atom is 0.220 e. The Morgan fingerprint density at radius 2 is 1.12 bits per heavy atom. The second-order valence-electron chi connectivity index (χ2n) is 13.7. The van der Waals surface area contributed by atoms with Crippen molar-refractivity contribution in [1.29, 1.82) is 0 Å². The Labute approximate surface area is 298 Å². The molecule has 0 N–H and O–H groups in total. The van der Waals surface area contributed by atoms with E-state index in [-0.39, 0.29) is 5.41 Å². The quantitative estimate of drug-likeness (QED) is 0.182. The lowest BCUT2D eigenvalue weighted by atomic mass is 9.76. The Morgan fingerprint density at radius 3 is 1.88 bits per heavy atom. The normalized spacial score (nSPS) is 13.9. The Kier molecular flexibility index (Phi) is 6.58. The number of hydrogen-bond donors (Lipinski definition) is 0. The lowest BCUT2D eigenvalue weighted by Gasteiger charge is -2.45. The SMILES string of the molecule is CC1(C)c2ccccc2Oc2c1cccc2S(c1ccccc1)(c1ccccc1)c1cccc(-n2c3ccccc3n3c4ccccc4nc23)c1. The van der Waals surface area contributed by atoms with E-state index in [0.717, 1.165) is 45.0 Å². The number of aromatic nitrogens is 3. The number of ether oxygens (including phenoxy) is 1. The average molecular weight is 678 g/mol. The number of hydrogen-bond acceptors (Lipinski definition) is 2. The minimum absolute atomic E-state index is 0.251. The van der Waals surface area contributed by atoms with Gasteiger partial charge in [-0.25, -0.2) is 4.98 Å². The van der Waals surface area contributed by atoms with Gasteiger partial charge < -0.3 is 4.74 Å². The highest BCUT2D eigenvalue weighted by atomic mass is 32.3. The second kappa shape index (κ2) is 11.2. The molecule has 0 radical (unpaired) electrons. The molecule has 0 amide bonds. The lowest BCUT2D eigenvalue weighted by molar-refractivity contribution is 0.408. The van der Waals surface area contributed by atoms with Gasteiger partial charge in [0.25, 0.3) is 0 Å². The van der Waals surface area contributed by atoms with Gasteiger partial charge in [-0.1, -0.05) is 111 Å². The van der Waals surface area contributed by atoms with Gasteiger partial charge in [0.05, 0.1) is 27.8 Å². The molecule has 1 aliphatic rings. The number of imidazole rings is 2. The van der Waals surface area contributed by atoms with E-state index in [4.69, 9.17) is 9.72 Å². The van der Waals surface area contributed by atoms with Gasteiger partial charge in [0.2, 0.25) is 5.78 Å². The van der Waals surface area contributed by atoms with Crippen LogP contribution in [0.3, 0.4) is 0 Å². The highest BCUT2D eigenvalue weighted by Gasteiger charge is 2.41. The zero-order valence-electron chi connectivity index (χ0n) is 28.4. The molecular formula is C46H35N3OS. The highest BCUT2D eigenvalue weighted by molar-refractivity contribution is 8.34. The van der Waals surface area contributed by atoms with Crippen molar-refractivity contribution in [2.75, 3.05) is 0 Å². The minimum Gasteiger partial charge on any atom is -0.456 e. The van der Waals surface area contributed by atoms with Crippen molar-refractivity contribution in [3.63, 3.8) is 0 Å². The average Bonchev–Trinajstić information content (AvgIpc) is 3.71. The summed E-state index contributed by atoms with van der Waals surface area (Å²) in [7, 11) is -2.12. The van der Waals surface area contributed by atoms with Crippen LogP contribution in [0.4, 0.5) is 0 Å². The summed E-state index contributed by atoms with van der Waals surface area (Å²) >= 11 is 0. The zero-order valence-corrected chi connectivity index (χ0v) is 29.2. The largest absolute Gasteiger partial charge is 0.456 e. The van der Waals surface area contributed by atoms with E-state index in [0.29, 0.717) is 0 Å². The summed E-state index contributed by atoms with van der Waals surface area (Å²) in [6.45, 7) is 4.63. The maximum atomic E-state index is 7.07. The van der Waals surface area contributed by atoms with Crippen LogP contribution in [0.5, 0.6) is 11.5 Å². The molecule has 10 rings (SSSR count). The third kappa shape index (κ3) is 4.25. The van der Waals surface area contributed by atoms with E-state index in [1.807, 2.05) is 0 Å². The van der Waals surface area contributed by atoms with Crippen molar-refractivity contribution in [3.8, 4) is 17.2 Å². The Hall–Kier alpha value is -6.04. The van der Waals surface area contributed by atoms with Crippen molar-refractivity contribution in [2.24, 2.45) is 0 Å². The van der Waals surface area contributed by atoms with E-state index in [2.05, 4.69) is 199 Å². The van der Waals surface area contributed by atoms with Crippen molar-refractivity contribution in [3.05, 3.63) is 187 Å². The van der Waals surface area contributed by atoms with Crippen LogP contribution in [0.25, 0.3) is 33.5 Å². The number of fused-ring (bicyclic) bond motifs is 7. The molecule has 0 fully saturated rings. The molecule has 0 spiro atoms. The first kappa shape index (κ1) is 29.8. The molecule has 5 heteroatoms. The third-order valence-electron chi connectivity index (χ3n) is 10.5. The predicted molar refractivity (Wildman–Crippen MR) is 208 cm³/mol. The summed E-state index contributed by atoms with van der Waals surface area (Å²) < 4.78 is 11.7. The molecular weight excluding hydrogens is 643 g/mol. The van der Waals surface area contributed by atoms with E-state index in [1.54, 1.807) is 0 Å². The summed E-state index contributed by atoms with van der Waals surface area (Å²) in [5.74, 6) is 2.76. The molecule has 0 unspecified atom stereocenters. The van der Waals surface area contributed by atoms with Gasteiger partial charge in [-0.15, -0.1) is 10.0 Å². The van der Waals surface area contributed by atoms with Gasteiger partial charge in [0, 0.05) is 36.1 Å². The zero-order chi connectivity index (χ0) is 34.2. The van der Waals surface area contributed by atoms with Crippen LogP contribution in [0, 0.1) is 0 Å². The molecule has 0 saturated carbocycles. The molecule has 0 atom stereocenters. The Bertz CT molecular complexity index is 2720. The van der Waals surface area contributed by atoms with Crippen molar-refractivity contribution >= 4 is 37.9 Å². The fourth-order valence-electron chi connectivity index (χ4n) is 8.14. The van der Waals surface area contributed by atoms with Crippen LogP contribution in [-0.4, -0.2) is 14.0 Å². The summed E-state index contributed by atoms with van der Waals surface area (Å²) in [6.07, 6.45) is 0. The number of benzene rings is 7. The van der Waals surface area contributed by atoms with Crippen LogP contribution >= 0.6 is 10.0 Å². The summed E-state index contributed by atoms with van der Waals surface area (Å²) in [5.41, 5.74) is 7.53. The molecule has 1 aliphatic heterocycles. The lowest BCUT2D eigenvalue weighted by Crippen LogP contribution is -2.25. The van der Waals surface area contributed by atoms with Crippen LogP contribution in [-0.2, 0) is 5.41 Å². The van der Waals surface area contributed by atoms with Gasteiger partial charge in [-0.3, -0.25) is 8.97 Å². The number of nitrogens with zero attached hydrogens (tertiary/aromatic N) is 3. The summed E-state index contributed by atoms with van der Waals surface area (Å²) in [6, 6.07) is 63.4. The maximum absolute atomic E-state index is 7.07. The first-order valence-electron chi connectivity index (χ1n) is 17.4. The molecule has 0 aliphatic carbocycles. The molecule has 246 valence electrons. The highest BCUT2D eigenvalue weighted by Crippen LogP contribution is 2.76. The molecule has 0 saturated heterocycles. The first-order chi connectivity index (χ1) is 25.1. The van der Waals surface area contributed by atoms with Crippen molar-refractivity contribution < 1.29 is 4.74 Å². The van der Waals surface area contributed by atoms with Crippen LogP contribution in [0.1, 0.15) is 25.0 Å². The smallest absolute Gasteiger partial charge is 0.220 e. The fourth-order valence-corrected chi connectivity index (χ4v) is 12.1. The van der Waals surface area contributed by atoms with Gasteiger partial charge in [0.1, 0.15) is 11.5 Å². The molecule has 4 nitrogen and oxygen atoms in total.